The van der Waals surface area contributed by atoms with Gasteiger partial charge in [0.1, 0.15) is 0 Å². The minimum atomic E-state index is -0.0685. The highest BCUT2D eigenvalue weighted by atomic mass is 16.1. The smallest absolute Gasteiger partial charge is 0.228 e. The fraction of sp³-hybridized carbons (Fsp3) is 0.200. The number of anilines is 1. The van der Waals surface area contributed by atoms with Crippen LogP contribution in [0.5, 0.6) is 0 Å². The van der Waals surface area contributed by atoms with Crippen molar-refractivity contribution in [2.75, 3.05) is 5.32 Å². The lowest BCUT2D eigenvalue weighted by Gasteiger charge is -2.06. The molecule has 0 radical (unpaired) electrons. The lowest BCUT2D eigenvalue weighted by atomic mass is 10.1. The van der Waals surface area contributed by atoms with Crippen LogP contribution in [0.15, 0.2) is 54.7 Å². The molecule has 0 bridgehead atoms. The van der Waals surface area contributed by atoms with Gasteiger partial charge in [-0.2, -0.15) is 0 Å². The molecular weight excluding hydrogens is 300 g/mol. The summed E-state index contributed by atoms with van der Waals surface area (Å²) in [5, 5.41) is 3.96. The molecule has 0 unspecified atom stereocenters. The van der Waals surface area contributed by atoms with Crippen molar-refractivity contribution >= 4 is 28.3 Å². The molecule has 1 aromatic heterocycles. The second-order valence-electron chi connectivity index (χ2n) is 6.30. The Morgan fingerprint density at radius 3 is 2.54 bits per heavy atom. The number of carbonyl (C=O) groups excluding carboxylic acids is 2. The predicted octanol–water partition coefficient (Wildman–Crippen LogP) is 3.94. The zero-order valence-corrected chi connectivity index (χ0v) is 13.2. The van der Waals surface area contributed by atoms with E-state index in [9.17, 15) is 9.59 Å². The maximum atomic E-state index is 12.3. The van der Waals surface area contributed by atoms with Gasteiger partial charge >= 0.3 is 0 Å². The largest absolute Gasteiger partial charge is 0.361 e. The van der Waals surface area contributed by atoms with Crippen LogP contribution in [-0.2, 0) is 11.2 Å². The molecular formula is C20H18N2O2. The predicted molar refractivity (Wildman–Crippen MR) is 94.1 cm³/mol. The summed E-state index contributed by atoms with van der Waals surface area (Å²) < 4.78 is 0. The minimum absolute atomic E-state index is 0.0685. The van der Waals surface area contributed by atoms with Crippen molar-refractivity contribution in [2.24, 2.45) is 5.92 Å². The number of para-hydroxylation sites is 1. The number of hydrogen-bond donors (Lipinski definition) is 2. The molecule has 0 saturated heterocycles. The third kappa shape index (κ3) is 2.95. The van der Waals surface area contributed by atoms with Gasteiger partial charge in [-0.15, -0.1) is 0 Å². The van der Waals surface area contributed by atoms with E-state index in [1.165, 1.54) is 0 Å². The summed E-state index contributed by atoms with van der Waals surface area (Å²) in [5.74, 6) is 0.361. The Morgan fingerprint density at radius 1 is 1.04 bits per heavy atom. The van der Waals surface area contributed by atoms with Crippen molar-refractivity contribution < 1.29 is 9.59 Å². The Kier molecular flexibility index (Phi) is 3.65. The van der Waals surface area contributed by atoms with Crippen molar-refractivity contribution in [1.82, 2.24) is 4.98 Å². The fourth-order valence-electron chi connectivity index (χ4n) is 2.96. The molecule has 0 atom stereocenters. The van der Waals surface area contributed by atoms with Crippen LogP contribution in [0, 0.1) is 5.92 Å². The van der Waals surface area contributed by atoms with Crippen molar-refractivity contribution in [1.29, 1.82) is 0 Å². The summed E-state index contributed by atoms with van der Waals surface area (Å²) in [7, 11) is 0. The van der Waals surface area contributed by atoms with Crippen molar-refractivity contribution in [3.8, 4) is 0 Å². The van der Waals surface area contributed by atoms with Crippen molar-refractivity contribution in [3.05, 3.63) is 65.9 Å². The molecule has 1 saturated carbocycles. The lowest BCUT2D eigenvalue weighted by Crippen LogP contribution is -2.14. The van der Waals surface area contributed by atoms with Gasteiger partial charge in [-0.3, -0.25) is 9.59 Å². The van der Waals surface area contributed by atoms with Gasteiger partial charge in [0.05, 0.1) is 6.42 Å². The molecule has 2 aromatic carbocycles. The van der Waals surface area contributed by atoms with Crippen LogP contribution in [0.1, 0.15) is 28.8 Å². The molecule has 4 rings (SSSR count). The van der Waals surface area contributed by atoms with Crippen LogP contribution in [0.2, 0.25) is 0 Å². The Morgan fingerprint density at radius 2 is 1.79 bits per heavy atom. The Labute approximate surface area is 139 Å². The third-order valence-corrected chi connectivity index (χ3v) is 4.43. The molecule has 120 valence electrons. The van der Waals surface area contributed by atoms with Crippen LogP contribution in [0.3, 0.4) is 0 Å². The van der Waals surface area contributed by atoms with E-state index in [1.54, 1.807) is 24.3 Å². The first-order valence-electron chi connectivity index (χ1n) is 8.20. The topological polar surface area (TPSA) is 62.0 Å². The molecule has 1 aliphatic rings. The molecule has 3 aromatic rings. The van der Waals surface area contributed by atoms with Crippen molar-refractivity contribution in [2.45, 2.75) is 19.3 Å². The number of amides is 1. The van der Waals surface area contributed by atoms with E-state index in [2.05, 4.69) is 10.3 Å². The Hall–Kier alpha value is -2.88. The fourth-order valence-corrected chi connectivity index (χ4v) is 2.96. The number of aromatic amines is 1. The van der Waals surface area contributed by atoms with E-state index in [0.717, 1.165) is 34.9 Å². The molecule has 4 heteroatoms. The Balaban J connectivity index is 1.43. The SMILES string of the molecule is O=C(Cc1c[nH]c2ccccc12)Nc1ccc(C(=O)C2CC2)cc1. The summed E-state index contributed by atoms with van der Waals surface area (Å²) in [6.07, 6.45) is 4.19. The average molecular weight is 318 g/mol. The van der Waals surface area contributed by atoms with E-state index in [1.807, 2.05) is 30.5 Å². The van der Waals surface area contributed by atoms with E-state index >= 15 is 0 Å². The number of nitrogens with one attached hydrogen (secondary N) is 2. The highest BCUT2D eigenvalue weighted by Crippen LogP contribution is 2.32. The first kappa shape index (κ1) is 14.7. The monoisotopic (exact) mass is 318 g/mol. The second kappa shape index (κ2) is 5.96. The summed E-state index contributed by atoms with van der Waals surface area (Å²) in [5.41, 5.74) is 3.45. The summed E-state index contributed by atoms with van der Waals surface area (Å²) in [6, 6.07) is 15.1. The maximum absolute atomic E-state index is 12.3. The number of hydrogen-bond acceptors (Lipinski definition) is 2. The number of Topliss-reactive ketones (excluding diaryl/α,β-unsaturated/α-hetero) is 1. The number of fused-ring (bicyclic) bond motifs is 1. The molecule has 1 aliphatic carbocycles. The molecule has 24 heavy (non-hydrogen) atoms. The lowest BCUT2D eigenvalue weighted by molar-refractivity contribution is -0.115. The molecule has 0 spiro atoms. The van der Waals surface area contributed by atoms with E-state index in [0.29, 0.717) is 12.1 Å². The van der Waals surface area contributed by atoms with Crippen molar-refractivity contribution in [3.63, 3.8) is 0 Å². The number of H-pyrrole nitrogens is 1. The number of aromatic nitrogens is 1. The van der Waals surface area contributed by atoms with Crippen LogP contribution < -0.4 is 5.32 Å². The number of carbonyl (C=O) groups is 2. The number of rotatable bonds is 5. The molecule has 1 fully saturated rings. The van der Waals surface area contributed by atoms with E-state index < -0.39 is 0 Å². The average Bonchev–Trinajstić information content (AvgIpc) is 3.38. The van der Waals surface area contributed by atoms with Gasteiger partial charge in [-0.05, 0) is 48.7 Å². The van der Waals surface area contributed by atoms with Crippen LogP contribution in [0.4, 0.5) is 5.69 Å². The number of ketones is 1. The van der Waals surface area contributed by atoms with Crippen LogP contribution in [0.25, 0.3) is 10.9 Å². The third-order valence-electron chi connectivity index (χ3n) is 4.43. The highest BCUT2D eigenvalue weighted by molar-refractivity contribution is 6.00. The number of benzene rings is 2. The van der Waals surface area contributed by atoms with Gasteiger partial charge in [-0.1, -0.05) is 18.2 Å². The van der Waals surface area contributed by atoms with Gasteiger partial charge in [-0.25, -0.2) is 0 Å². The van der Waals surface area contributed by atoms with Gasteiger partial charge in [0.2, 0.25) is 5.91 Å². The summed E-state index contributed by atoms with van der Waals surface area (Å²) in [4.78, 5) is 27.4. The standard InChI is InChI=1S/C20H18N2O2/c23-19(11-15-12-21-18-4-2-1-3-17(15)18)22-16-9-7-14(8-10-16)20(24)13-5-6-13/h1-4,7-10,12-13,21H,5-6,11H2,(H,22,23). The minimum Gasteiger partial charge on any atom is -0.361 e. The van der Waals surface area contributed by atoms with Crippen LogP contribution in [-0.4, -0.2) is 16.7 Å². The normalized spacial score (nSPS) is 13.8. The second-order valence-corrected chi connectivity index (χ2v) is 6.30. The maximum Gasteiger partial charge on any atom is 0.228 e. The van der Waals surface area contributed by atoms with E-state index in [4.69, 9.17) is 0 Å². The Bertz CT molecular complexity index is 905. The summed E-state index contributed by atoms with van der Waals surface area (Å²) in [6.45, 7) is 0. The van der Waals surface area contributed by atoms with Gasteiger partial charge in [0.25, 0.3) is 0 Å². The van der Waals surface area contributed by atoms with Gasteiger partial charge in [0, 0.05) is 34.3 Å². The zero-order chi connectivity index (χ0) is 16.5. The van der Waals surface area contributed by atoms with E-state index in [-0.39, 0.29) is 17.6 Å². The van der Waals surface area contributed by atoms with Gasteiger partial charge < -0.3 is 10.3 Å². The zero-order valence-electron chi connectivity index (χ0n) is 13.2. The molecule has 4 nitrogen and oxygen atoms in total. The molecule has 1 amide bonds. The first-order chi connectivity index (χ1) is 11.7. The molecule has 0 aliphatic heterocycles. The highest BCUT2D eigenvalue weighted by Gasteiger charge is 2.30. The molecule has 1 heterocycles. The first-order valence-corrected chi connectivity index (χ1v) is 8.20. The quantitative estimate of drug-likeness (QED) is 0.700. The summed E-state index contributed by atoms with van der Waals surface area (Å²) >= 11 is 0. The van der Waals surface area contributed by atoms with Gasteiger partial charge in [0.15, 0.2) is 5.78 Å². The molecule has 2 N–H and O–H groups in total. The van der Waals surface area contributed by atoms with Crippen LogP contribution >= 0.6 is 0 Å².